The number of fused-ring (bicyclic) bond motifs is 4. The van der Waals surface area contributed by atoms with Crippen LogP contribution < -0.4 is 10.1 Å². The smallest absolute Gasteiger partial charge is 0.415 e. The molecule has 2 fully saturated rings. The second-order valence-electron chi connectivity index (χ2n) is 9.83. The highest BCUT2D eigenvalue weighted by Crippen LogP contribution is 2.53. The summed E-state index contributed by atoms with van der Waals surface area (Å²) in [7, 11) is 0. The van der Waals surface area contributed by atoms with Gasteiger partial charge in [0.05, 0.1) is 0 Å². The van der Waals surface area contributed by atoms with Crippen LogP contribution in [0.1, 0.15) is 69.9 Å². The first-order valence-electron chi connectivity index (χ1n) is 10.8. The Labute approximate surface area is 176 Å². The van der Waals surface area contributed by atoms with Crippen LogP contribution in [-0.4, -0.2) is 36.2 Å². The second-order valence-corrected chi connectivity index (χ2v) is 9.83. The van der Waals surface area contributed by atoms with E-state index in [0.717, 1.165) is 11.3 Å². The molecule has 0 radical (unpaired) electrons. The number of amidine groups is 1. The van der Waals surface area contributed by atoms with Gasteiger partial charge in [-0.05, 0) is 63.6 Å². The molecule has 4 aliphatic rings. The van der Waals surface area contributed by atoms with Gasteiger partial charge in [-0.25, -0.2) is 15.1 Å². The Morgan fingerprint density at radius 2 is 2.07 bits per heavy atom. The summed E-state index contributed by atoms with van der Waals surface area (Å²) in [5, 5.41) is 2.64. The summed E-state index contributed by atoms with van der Waals surface area (Å²) in [6, 6.07) is 6.49. The first-order valence-corrected chi connectivity index (χ1v) is 10.8. The van der Waals surface area contributed by atoms with Crippen LogP contribution in [0.4, 0.5) is 4.79 Å². The van der Waals surface area contributed by atoms with E-state index in [0.29, 0.717) is 25.2 Å². The van der Waals surface area contributed by atoms with Crippen molar-refractivity contribution >= 4 is 17.9 Å². The van der Waals surface area contributed by atoms with Gasteiger partial charge in [0.25, 0.3) is 6.02 Å². The quantitative estimate of drug-likeness (QED) is 0.758. The van der Waals surface area contributed by atoms with Crippen molar-refractivity contribution in [2.45, 2.75) is 76.0 Å². The van der Waals surface area contributed by atoms with Crippen LogP contribution in [0.25, 0.3) is 0 Å². The number of carbonyl (C=O) groups is 2. The third kappa shape index (κ3) is 3.44. The lowest BCUT2D eigenvalue weighted by Crippen LogP contribution is -2.51. The Kier molecular flexibility index (Phi) is 4.35. The van der Waals surface area contributed by atoms with E-state index in [-0.39, 0.29) is 30.4 Å². The van der Waals surface area contributed by atoms with E-state index in [1.54, 1.807) is 20.8 Å². The Bertz CT molecular complexity index is 930. The van der Waals surface area contributed by atoms with Gasteiger partial charge in [0.1, 0.15) is 35.4 Å². The molecular weight excluding hydrogens is 384 g/mol. The summed E-state index contributed by atoms with van der Waals surface area (Å²) in [6.45, 7) is 5.68. The van der Waals surface area contributed by atoms with Crippen LogP contribution >= 0.6 is 0 Å². The minimum atomic E-state index is -0.733. The molecule has 3 atom stereocenters. The molecule has 1 amide bonds. The number of ketones is 1. The van der Waals surface area contributed by atoms with Crippen molar-refractivity contribution < 1.29 is 23.8 Å². The molecule has 2 saturated carbocycles. The molecule has 1 aromatic carbocycles. The maximum atomic E-state index is 12.3. The molecule has 0 bridgehead atoms. The average Bonchev–Trinajstić information content (AvgIpc) is 3.43. The molecule has 7 heteroatoms. The number of nitrogens with zero attached hydrogens (tertiary/aromatic N) is 1. The monoisotopic (exact) mass is 412 g/mol. The molecule has 160 valence electrons. The maximum Gasteiger partial charge on any atom is 0.415 e. The number of rotatable bonds is 1. The Balaban J connectivity index is 1.52. The van der Waals surface area contributed by atoms with E-state index < -0.39 is 17.2 Å². The Hall–Kier alpha value is -2.57. The summed E-state index contributed by atoms with van der Waals surface area (Å²) >= 11 is 0. The van der Waals surface area contributed by atoms with Crippen LogP contribution in [0.15, 0.2) is 23.2 Å². The summed E-state index contributed by atoms with van der Waals surface area (Å²) in [6.07, 6.45) is 3.32. The Morgan fingerprint density at radius 1 is 1.27 bits per heavy atom. The fourth-order valence-electron chi connectivity index (χ4n) is 4.83. The van der Waals surface area contributed by atoms with Crippen LogP contribution in [0.3, 0.4) is 0 Å². The lowest BCUT2D eigenvalue weighted by molar-refractivity contribution is -0.126. The first kappa shape index (κ1) is 19.4. The van der Waals surface area contributed by atoms with E-state index >= 15 is 0 Å². The molecule has 2 aliphatic carbocycles. The normalized spacial score (nSPS) is 30.0. The first-order chi connectivity index (χ1) is 14.2. The van der Waals surface area contributed by atoms with Crippen LogP contribution in [0, 0.1) is 5.92 Å². The summed E-state index contributed by atoms with van der Waals surface area (Å²) < 4.78 is 17.5. The second kappa shape index (κ2) is 6.72. The van der Waals surface area contributed by atoms with Gasteiger partial charge in [-0.1, -0.05) is 6.07 Å². The van der Waals surface area contributed by atoms with Crippen molar-refractivity contribution in [3.8, 4) is 5.75 Å². The third-order valence-corrected chi connectivity index (χ3v) is 6.35. The highest BCUT2D eigenvalue weighted by atomic mass is 16.6. The average molecular weight is 412 g/mol. The van der Waals surface area contributed by atoms with Crippen molar-refractivity contribution in [2.24, 2.45) is 10.9 Å². The Morgan fingerprint density at radius 3 is 2.80 bits per heavy atom. The van der Waals surface area contributed by atoms with Gasteiger partial charge in [-0.2, -0.15) is 0 Å². The summed E-state index contributed by atoms with van der Waals surface area (Å²) in [5.41, 5.74) is 0.889. The van der Waals surface area contributed by atoms with Gasteiger partial charge in [0.15, 0.2) is 0 Å². The van der Waals surface area contributed by atoms with Crippen molar-refractivity contribution in [3.63, 3.8) is 0 Å². The summed E-state index contributed by atoms with van der Waals surface area (Å²) in [4.78, 5) is 29.5. The van der Waals surface area contributed by atoms with Crippen LogP contribution in [0.2, 0.25) is 0 Å². The third-order valence-electron chi connectivity index (χ3n) is 6.35. The number of amides is 1. The fourth-order valence-corrected chi connectivity index (χ4v) is 4.83. The number of ether oxygens (including phenoxy) is 3. The molecule has 0 unspecified atom stereocenters. The number of hydrogen-bond donors (Lipinski definition) is 1. The largest absolute Gasteiger partial charge is 0.490 e. The van der Waals surface area contributed by atoms with E-state index in [2.05, 4.69) is 17.4 Å². The zero-order valence-corrected chi connectivity index (χ0v) is 17.7. The SMILES string of the molecule is CC(C)(C)OC(=O)NC1=N[C@]2(CO1)c1cc(C3CC3)ccc1O[C@H]1CCC(=O)C[C@@H]12. The lowest BCUT2D eigenvalue weighted by atomic mass is 9.68. The zero-order chi connectivity index (χ0) is 21.1. The number of nitrogens with one attached hydrogen (secondary N) is 1. The number of aliphatic imine (C=N–C) groups is 1. The highest BCUT2D eigenvalue weighted by molar-refractivity contribution is 5.92. The molecule has 7 nitrogen and oxygen atoms in total. The van der Waals surface area contributed by atoms with Crippen molar-refractivity contribution in [3.05, 3.63) is 29.3 Å². The molecule has 0 aromatic heterocycles. The van der Waals surface area contributed by atoms with Crippen molar-refractivity contribution in [2.75, 3.05) is 6.61 Å². The van der Waals surface area contributed by atoms with Gasteiger partial charge in [0, 0.05) is 24.3 Å². The molecule has 5 rings (SSSR count). The van der Waals surface area contributed by atoms with E-state index in [1.807, 2.05) is 6.07 Å². The van der Waals surface area contributed by atoms with Crippen LogP contribution in [0.5, 0.6) is 5.75 Å². The molecule has 2 aliphatic heterocycles. The van der Waals surface area contributed by atoms with E-state index in [9.17, 15) is 9.59 Å². The van der Waals surface area contributed by atoms with Gasteiger partial charge < -0.3 is 14.2 Å². The van der Waals surface area contributed by atoms with Gasteiger partial charge >= 0.3 is 6.09 Å². The molecule has 1 spiro atoms. The standard InChI is InChI=1S/C23H28N2O5/c1-22(2,3)30-21(27)24-20-25-23(12-28-20)16-10-14(13-4-5-13)6-8-18(16)29-19-9-7-15(26)11-17(19)23/h6,8,10,13,17,19H,4-5,7,9,11-12H2,1-3H3,(H,24,25,27)/t17-,19-,23+/m0/s1. The van der Waals surface area contributed by atoms with Crippen molar-refractivity contribution in [1.82, 2.24) is 5.32 Å². The number of carbonyl (C=O) groups excluding carboxylic acids is 2. The van der Waals surface area contributed by atoms with Crippen LogP contribution in [-0.2, 0) is 19.8 Å². The predicted molar refractivity (Wildman–Crippen MR) is 110 cm³/mol. The number of alkyl carbamates (subject to hydrolysis) is 1. The predicted octanol–water partition coefficient (Wildman–Crippen LogP) is 3.80. The molecular formula is C23H28N2O5. The molecule has 1 aromatic rings. The molecule has 30 heavy (non-hydrogen) atoms. The molecule has 2 heterocycles. The number of benzene rings is 1. The number of hydrogen-bond acceptors (Lipinski definition) is 6. The fraction of sp³-hybridized carbons (Fsp3) is 0.609. The van der Waals surface area contributed by atoms with E-state index in [1.165, 1.54) is 18.4 Å². The van der Waals surface area contributed by atoms with E-state index in [4.69, 9.17) is 19.2 Å². The maximum absolute atomic E-state index is 12.3. The van der Waals surface area contributed by atoms with Gasteiger partial charge in [-0.3, -0.25) is 4.79 Å². The minimum absolute atomic E-state index is 0.0878. The zero-order valence-electron chi connectivity index (χ0n) is 17.7. The topological polar surface area (TPSA) is 86.2 Å². The van der Waals surface area contributed by atoms with Crippen molar-refractivity contribution in [1.29, 1.82) is 0 Å². The summed E-state index contributed by atoms with van der Waals surface area (Å²) in [5.74, 6) is 1.51. The highest BCUT2D eigenvalue weighted by Gasteiger charge is 2.56. The lowest BCUT2D eigenvalue weighted by Gasteiger charge is -2.45. The molecule has 0 saturated heterocycles. The minimum Gasteiger partial charge on any atom is -0.490 e. The van der Waals surface area contributed by atoms with Gasteiger partial charge in [-0.15, -0.1) is 0 Å². The van der Waals surface area contributed by atoms with Gasteiger partial charge in [0.2, 0.25) is 0 Å². The number of Topliss-reactive ketones (excluding diaryl/α,β-unsaturated/α-hetero) is 1. The molecule has 1 N–H and O–H groups in total.